The zero-order chi connectivity index (χ0) is 40.8. The summed E-state index contributed by atoms with van der Waals surface area (Å²) in [5, 5.41) is 25.0. The van der Waals surface area contributed by atoms with Crippen molar-refractivity contribution in [2.24, 2.45) is 17.8 Å². The Hall–Kier alpha value is -6.12. The van der Waals surface area contributed by atoms with Crippen molar-refractivity contribution in [1.29, 1.82) is 0 Å². The number of nitrogens with zero attached hydrogens (tertiary/aromatic N) is 1. The number of para-hydroxylation sites is 3. The Labute approximate surface area is 320 Å². The fourth-order valence-electron chi connectivity index (χ4n) is 5.79. The van der Waals surface area contributed by atoms with Crippen LogP contribution in [-0.4, -0.2) is 65.7 Å². The highest BCUT2D eigenvalue weighted by atomic mass is 16.6. The van der Waals surface area contributed by atoms with Crippen molar-refractivity contribution in [2.45, 2.75) is 78.9 Å². The standard InChI is InChI=1S/C40H50N6O9/c1-23(2)20-31(38(50)42-30-18-12-9-15-27(30)36(48)45-33(22-25(5)6)40(52)55-7)43-35(47)26-14-8-11-17-29(26)41-39(51)32(21-24(3)4)44-37(49)28-16-10-13-19-34(28)46(53)54/h8-19,23-25,31-33H,20-22H2,1-7H3,(H,41,51)(H,42,50)(H,43,47)(H,44,49)(H,45,48)/t31-,32-,33-/m0/s1. The van der Waals surface area contributed by atoms with E-state index in [9.17, 15) is 38.9 Å². The molecule has 0 radical (unpaired) electrons. The first-order chi connectivity index (χ1) is 26.0. The van der Waals surface area contributed by atoms with Crippen LogP contribution in [0.2, 0.25) is 0 Å². The van der Waals surface area contributed by atoms with Crippen LogP contribution in [0.1, 0.15) is 91.9 Å². The Morgan fingerprint density at radius 1 is 0.564 bits per heavy atom. The molecule has 3 rings (SSSR count). The third-order valence-corrected chi connectivity index (χ3v) is 8.36. The molecule has 0 aliphatic carbocycles. The molecule has 0 unspecified atom stereocenters. The van der Waals surface area contributed by atoms with E-state index >= 15 is 0 Å². The maximum absolute atomic E-state index is 13.8. The number of nitrogens with one attached hydrogen (secondary N) is 5. The maximum Gasteiger partial charge on any atom is 0.328 e. The smallest absolute Gasteiger partial charge is 0.328 e. The Balaban J connectivity index is 1.83. The van der Waals surface area contributed by atoms with Crippen molar-refractivity contribution in [2.75, 3.05) is 17.7 Å². The van der Waals surface area contributed by atoms with Crippen molar-refractivity contribution in [3.63, 3.8) is 0 Å². The molecule has 0 aliphatic heterocycles. The number of benzene rings is 3. The second kappa shape index (κ2) is 20.4. The third-order valence-electron chi connectivity index (χ3n) is 8.36. The number of ether oxygens (including phenoxy) is 1. The van der Waals surface area contributed by atoms with Gasteiger partial charge in [0.2, 0.25) is 11.8 Å². The zero-order valence-corrected chi connectivity index (χ0v) is 32.1. The number of nitro benzene ring substituents is 1. The molecular formula is C40H50N6O9. The fraction of sp³-hybridized carbons (Fsp3) is 0.400. The predicted molar refractivity (Wildman–Crippen MR) is 207 cm³/mol. The summed E-state index contributed by atoms with van der Waals surface area (Å²) in [6.45, 7) is 11.2. The molecule has 55 heavy (non-hydrogen) atoms. The monoisotopic (exact) mass is 758 g/mol. The van der Waals surface area contributed by atoms with Crippen LogP contribution in [0.4, 0.5) is 17.1 Å². The summed E-state index contributed by atoms with van der Waals surface area (Å²) < 4.78 is 4.86. The van der Waals surface area contributed by atoms with Gasteiger partial charge in [-0.25, -0.2) is 4.79 Å². The average Bonchev–Trinajstić information content (AvgIpc) is 3.13. The minimum absolute atomic E-state index is 0.0320. The summed E-state index contributed by atoms with van der Waals surface area (Å²) in [5.41, 5.74) is -0.223. The van der Waals surface area contributed by atoms with Crippen molar-refractivity contribution >= 4 is 52.6 Å². The zero-order valence-electron chi connectivity index (χ0n) is 32.1. The quantitative estimate of drug-likeness (QED) is 0.0630. The average molecular weight is 759 g/mol. The highest BCUT2D eigenvalue weighted by Crippen LogP contribution is 2.22. The molecule has 0 bridgehead atoms. The van der Waals surface area contributed by atoms with Gasteiger partial charge in [-0.1, -0.05) is 77.9 Å². The number of esters is 1. The minimum Gasteiger partial charge on any atom is -0.467 e. The molecule has 0 fully saturated rings. The number of anilines is 2. The fourth-order valence-corrected chi connectivity index (χ4v) is 5.79. The number of hydrogen-bond acceptors (Lipinski definition) is 9. The van der Waals surface area contributed by atoms with E-state index in [0.29, 0.717) is 6.42 Å². The molecule has 5 N–H and O–H groups in total. The Bertz CT molecular complexity index is 1880. The van der Waals surface area contributed by atoms with Crippen LogP contribution in [0.25, 0.3) is 0 Å². The van der Waals surface area contributed by atoms with Crippen LogP contribution in [-0.2, 0) is 19.1 Å². The first-order valence-corrected chi connectivity index (χ1v) is 18.1. The summed E-state index contributed by atoms with van der Waals surface area (Å²) in [6.07, 6.45) is 0.736. The van der Waals surface area contributed by atoms with E-state index in [0.717, 1.165) is 0 Å². The van der Waals surface area contributed by atoms with Gasteiger partial charge in [-0.15, -0.1) is 0 Å². The van der Waals surface area contributed by atoms with Gasteiger partial charge in [-0.2, -0.15) is 0 Å². The van der Waals surface area contributed by atoms with E-state index in [1.165, 1.54) is 55.6 Å². The first kappa shape index (κ1) is 43.3. The largest absolute Gasteiger partial charge is 0.467 e. The normalized spacial score (nSPS) is 12.6. The Kier molecular flexibility index (Phi) is 16.0. The molecule has 3 aromatic carbocycles. The second-order valence-electron chi connectivity index (χ2n) is 14.3. The van der Waals surface area contributed by atoms with Gasteiger partial charge in [-0.05, 0) is 67.3 Å². The summed E-state index contributed by atoms with van der Waals surface area (Å²) in [5.74, 6) is -4.00. The predicted octanol–water partition coefficient (Wildman–Crippen LogP) is 5.48. The van der Waals surface area contributed by atoms with Crippen molar-refractivity contribution in [3.8, 4) is 0 Å². The van der Waals surface area contributed by atoms with E-state index in [1.807, 2.05) is 41.5 Å². The second-order valence-corrected chi connectivity index (χ2v) is 14.3. The lowest BCUT2D eigenvalue weighted by molar-refractivity contribution is -0.385. The Morgan fingerprint density at radius 3 is 1.31 bits per heavy atom. The van der Waals surface area contributed by atoms with Gasteiger partial charge in [-0.3, -0.25) is 34.1 Å². The van der Waals surface area contributed by atoms with Gasteiger partial charge < -0.3 is 31.3 Å². The third kappa shape index (κ3) is 12.8. The number of nitro groups is 1. The molecule has 0 spiro atoms. The molecule has 5 amide bonds. The lowest BCUT2D eigenvalue weighted by Crippen LogP contribution is -2.46. The number of methoxy groups -OCH3 is 1. The number of amides is 5. The lowest BCUT2D eigenvalue weighted by atomic mass is 10.0. The van der Waals surface area contributed by atoms with E-state index < -0.39 is 64.2 Å². The van der Waals surface area contributed by atoms with E-state index in [2.05, 4.69) is 26.6 Å². The van der Waals surface area contributed by atoms with Gasteiger partial charge in [0.25, 0.3) is 23.4 Å². The van der Waals surface area contributed by atoms with Crippen molar-refractivity contribution < 1.29 is 38.4 Å². The summed E-state index contributed by atoms with van der Waals surface area (Å²) in [4.78, 5) is 90.9. The van der Waals surface area contributed by atoms with Crippen molar-refractivity contribution in [3.05, 3.63) is 99.6 Å². The van der Waals surface area contributed by atoms with Crippen LogP contribution >= 0.6 is 0 Å². The van der Waals surface area contributed by atoms with Crippen LogP contribution in [0.5, 0.6) is 0 Å². The topological polar surface area (TPSA) is 215 Å². The molecule has 15 nitrogen and oxygen atoms in total. The number of rotatable bonds is 18. The molecular weight excluding hydrogens is 708 g/mol. The summed E-state index contributed by atoms with van der Waals surface area (Å²) >= 11 is 0. The maximum atomic E-state index is 13.8. The Morgan fingerprint density at radius 2 is 0.909 bits per heavy atom. The van der Waals surface area contributed by atoms with Crippen LogP contribution in [0, 0.1) is 27.9 Å². The van der Waals surface area contributed by atoms with Crippen molar-refractivity contribution in [1.82, 2.24) is 16.0 Å². The van der Waals surface area contributed by atoms with E-state index in [4.69, 9.17) is 4.74 Å². The van der Waals surface area contributed by atoms with Crippen LogP contribution in [0.15, 0.2) is 72.8 Å². The summed E-state index contributed by atoms with van der Waals surface area (Å²) in [7, 11) is 1.23. The van der Waals surface area contributed by atoms with E-state index in [1.54, 1.807) is 24.3 Å². The molecule has 0 saturated heterocycles. The molecule has 3 atom stereocenters. The first-order valence-electron chi connectivity index (χ1n) is 18.1. The molecule has 0 aliphatic rings. The van der Waals surface area contributed by atoms with Gasteiger partial charge in [0.15, 0.2) is 0 Å². The lowest BCUT2D eigenvalue weighted by Gasteiger charge is -2.23. The minimum atomic E-state index is -1.12. The van der Waals surface area contributed by atoms with Gasteiger partial charge >= 0.3 is 5.97 Å². The highest BCUT2D eigenvalue weighted by Gasteiger charge is 2.30. The SMILES string of the molecule is COC(=O)[C@H](CC(C)C)NC(=O)c1ccccc1NC(=O)[C@H](CC(C)C)NC(=O)c1ccccc1NC(=O)[C@H](CC(C)C)NC(=O)c1ccccc1[N+](=O)[O-]. The van der Waals surface area contributed by atoms with Crippen LogP contribution < -0.4 is 26.6 Å². The molecule has 294 valence electrons. The van der Waals surface area contributed by atoms with E-state index in [-0.39, 0.29) is 58.7 Å². The molecule has 0 saturated carbocycles. The number of carbonyl (C=O) groups is 6. The van der Waals surface area contributed by atoms with Crippen LogP contribution in [0.3, 0.4) is 0 Å². The van der Waals surface area contributed by atoms with Gasteiger partial charge in [0, 0.05) is 6.07 Å². The van der Waals surface area contributed by atoms with Gasteiger partial charge in [0.05, 0.1) is 34.5 Å². The number of carbonyl (C=O) groups excluding carboxylic acids is 6. The molecule has 0 heterocycles. The molecule has 3 aromatic rings. The summed E-state index contributed by atoms with van der Waals surface area (Å²) in [6, 6.07) is 14.7. The molecule has 15 heteroatoms. The van der Waals surface area contributed by atoms with Gasteiger partial charge in [0.1, 0.15) is 23.7 Å². The molecule has 0 aromatic heterocycles. The number of hydrogen-bond donors (Lipinski definition) is 5. The highest BCUT2D eigenvalue weighted by molar-refractivity contribution is 6.09.